The van der Waals surface area contributed by atoms with Crippen molar-refractivity contribution >= 4 is 50.4 Å². The van der Waals surface area contributed by atoms with E-state index in [0.29, 0.717) is 22.2 Å². The third kappa shape index (κ3) is 5.50. The lowest BCUT2D eigenvalue weighted by Crippen LogP contribution is -2.16. The zero-order valence-corrected chi connectivity index (χ0v) is 22.9. The van der Waals surface area contributed by atoms with Crippen LogP contribution in [0.25, 0.3) is 22.3 Å². The highest BCUT2D eigenvalue weighted by atomic mass is 32.2. The van der Waals surface area contributed by atoms with Crippen LogP contribution in [0.2, 0.25) is 0 Å². The molecule has 0 bridgehead atoms. The maximum Gasteiger partial charge on any atom is 0.264 e. The van der Waals surface area contributed by atoms with Gasteiger partial charge in [-0.3, -0.25) is 9.78 Å². The number of aryl methyl sites for hydroxylation is 2. The van der Waals surface area contributed by atoms with Gasteiger partial charge in [-0.25, -0.2) is 33.1 Å². The first-order valence-electron chi connectivity index (χ1n) is 11.6. The molecule has 2 aromatic carbocycles. The quantitative estimate of drug-likeness (QED) is 0.139. The fourth-order valence-corrected chi connectivity index (χ4v) is 5.20. The molecule has 13 nitrogen and oxygen atoms in total. The summed E-state index contributed by atoms with van der Waals surface area (Å²) < 4.78 is 28.0. The average molecular weight is 579 g/mol. The van der Waals surface area contributed by atoms with E-state index in [-0.39, 0.29) is 50.6 Å². The van der Waals surface area contributed by atoms with Crippen molar-refractivity contribution in [2.75, 3.05) is 16.3 Å². The van der Waals surface area contributed by atoms with Crippen LogP contribution < -0.4 is 15.6 Å². The van der Waals surface area contributed by atoms with Gasteiger partial charge < -0.3 is 15.5 Å². The Labute approximate surface area is 231 Å². The van der Waals surface area contributed by atoms with Gasteiger partial charge in [-0.05, 0) is 62.6 Å². The molecule has 204 valence electrons. The Balaban J connectivity index is 1.45. The number of hydrogen-bond acceptors (Lipinski definition) is 12. The third-order valence-corrected chi connectivity index (χ3v) is 7.49. The molecule has 0 amide bonds. The van der Waals surface area contributed by atoms with Crippen molar-refractivity contribution in [2.45, 2.75) is 23.9 Å². The van der Waals surface area contributed by atoms with Gasteiger partial charge in [0.15, 0.2) is 10.8 Å². The molecule has 40 heavy (non-hydrogen) atoms. The number of nitrogens with one attached hydrogen (secondary N) is 3. The van der Waals surface area contributed by atoms with Crippen molar-refractivity contribution in [3.05, 3.63) is 70.3 Å². The van der Waals surface area contributed by atoms with E-state index in [1.165, 1.54) is 48.2 Å². The molecule has 15 heteroatoms. The van der Waals surface area contributed by atoms with Crippen molar-refractivity contribution in [3.8, 4) is 22.8 Å². The first-order valence-corrected chi connectivity index (χ1v) is 14.3. The molecule has 0 radical (unpaired) electrons. The number of thioether (sulfide) groups is 1. The number of H-pyrrole nitrogens is 1. The topological polar surface area (TPSA) is 196 Å². The minimum atomic E-state index is -3.95. The maximum atomic E-state index is 13.1. The molecular formula is C25H22N8O5S2. The molecule has 3 aromatic heterocycles. The molecule has 0 aliphatic heterocycles. The summed E-state index contributed by atoms with van der Waals surface area (Å²) in [6.45, 7) is 3.48. The summed E-state index contributed by atoms with van der Waals surface area (Å²) in [5, 5.41) is 23.3. The number of phenols is 2. The van der Waals surface area contributed by atoms with Crippen LogP contribution in [0, 0.1) is 13.8 Å². The maximum absolute atomic E-state index is 13.1. The van der Waals surface area contributed by atoms with E-state index in [2.05, 4.69) is 39.9 Å². The highest BCUT2D eigenvalue weighted by Crippen LogP contribution is 2.34. The predicted molar refractivity (Wildman–Crippen MR) is 151 cm³/mol. The number of benzene rings is 2. The van der Waals surface area contributed by atoms with E-state index >= 15 is 0 Å². The molecule has 3 heterocycles. The second kappa shape index (κ2) is 10.4. The van der Waals surface area contributed by atoms with Gasteiger partial charge in [0, 0.05) is 28.7 Å². The number of sulfonamides is 1. The zero-order chi connectivity index (χ0) is 28.6. The Morgan fingerprint density at radius 1 is 0.900 bits per heavy atom. The first kappa shape index (κ1) is 26.8. The molecule has 0 aliphatic carbocycles. The van der Waals surface area contributed by atoms with Crippen LogP contribution in [0.3, 0.4) is 0 Å². The van der Waals surface area contributed by atoms with Crippen LogP contribution >= 0.6 is 11.8 Å². The van der Waals surface area contributed by atoms with Gasteiger partial charge in [0.25, 0.3) is 15.6 Å². The third-order valence-electron chi connectivity index (χ3n) is 5.60. The van der Waals surface area contributed by atoms with Crippen molar-refractivity contribution < 1.29 is 18.6 Å². The smallest absolute Gasteiger partial charge is 0.264 e. The van der Waals surface area contributed by atoms with Crippen LogP contribution in [0.15, 0.2) is 63.4 Å². The van der Waals surface area contributed by atoms with E-state index in [1.54, 1.807) is 26.2 Å². The van der Waals surface area contributed by atoms with E-state index in [9.17, 15) is 23.4 Å². The number of aromatic nitrogens is 6. The SMILES string of the molecule is CSc1nc(-c2ccc(O)cc2O)c2c(=O)[nH]c(Nc3ccc(S(=O)(=O)Nc4nc(C)cc(C)n4)cc3)nc2n1. The lowest BCUT2D eigenvalue weighted by atomic mass is 10.1. The normalized spacial score (nSPS) is 11.5. The number of aromatic hydroxyl groups is 2. The predicted octanol–water partition coefficient (Wildman–Crippen LogP) is 3.46. The van der Waals surface area contributed by atoms with E-state index in [1.807, 2.05) is 0 Å². The molecule has 0 saturated heterocycles. The van der Waals surface area contributed by atoms with E-state index in [0.717, 1.165) is 6.07 Å². The summed E-state index contributed by atoms with van der Waals surface area (Å²) in [7, 11) is -3.95. The Kier molecular flexibility index (Phi) is 6.99. The van der Waals surface area contributed by atoms with Crippen LogP contribution in [-0.4, -0.2) is 54.8 Å². The second-order valence-corrected chi connectivity index (χ2v) is 11.1. The van der Waals surface area contributed by atoms with E-state index < -0.39 is 15.6 Å². The Morgan fingerprint density at radius 3 is 2.25 bits per heavy atom. The lowest BCUT2D eigenvalue weighted by Gasteiger charge is -2.11. The van der Waals surface area contributed by atoms with Crippen LogP contribution in [0.1, 0.15) is 11.4 Å². The number of anilines is 3. The number of fused-ring (bicyclic) bond motifs is 1. The summed E-state index contributed by atoms with van der Waals surface area (Å²) in [6, 6.07) is 11.5. The summed E-state index contributed by atoms with van der Waals surface area (Å²) in [6.07, 6.45) is 1.75. The van der Waals surface area contributed by atoms with Crippen molar-refractivity contribution in [2.24, 2.45) is 0 Å². The standard InChI is InChI=1S/C25H22N8O5S2/c1-12-10-13(2)27-24(26-12)33-40(37,38)16-7-4-14(5-8-16)28-23-30-21-19(22(36)32-23)20(29-25(31-21)39-3)17-9-6-15(34)11-18(17)35/h4-11,34-35H,1-3H3,(H,26,27,33)(H2,28,29,30,31,32,36). The number of phenolic OH excluding ortho intramolecular Hbond substituents is 2. The number of rotatable bonds is 7. The monoisotopic (exact) mass is 578 g/mol. The molecule has 0 spiro atoms. The first-order chi connectivity index (χ1) is 19.0. The summed E-state index contributed by atoms with van der Waals surface area (Å²) in [5.41, 5.74) is 1.59. The molecule has 5 N–H and O–H groups in total. The van der Waals surface area contributed by atoms with Gasteiger partial charge in [0.2, 0.25) is 11.9 Å². The van der Waals surface area contributed by atoms with Crippen LogP contribution in [0.5, 0.6) is 11.5 Å². The minimum Gasteiger partial charge on any atom is -0.508 e. The van der Waals surface area contributed by atoms with Crippen molar-refractivity contribution in [3.63, 3.8) is 0 Å². The summed E-state index contributed by atoms with van der Waals surface area (Å²) in [4.78, 5) is 37.1. The van der Waals surface area contributed by atoms with Crippen LogP contribution in [0.4, 0.5) is 17.6 Å². The second-order valence-electron chi connectivity index (χ2n) is 8.60. The van der Waals surface area contributed by atoms with Gasteiger partial charge in [-0.15, -0.1) is 0 Å². The minimum absolute atomic E-state index is 0.0172. The fourth-order valence-electron chi connectivity index (χ4n) is 3.89. The van der Waals surface area contributed by atoms with Gasteiger partial charge in [0.05, 0.1) is 10.6 Å². The number of nitrogens with zero attached hydrogens (tertiary/aromatic N) is 5. The fraction of sp³-hybridized carbons (Fsp3) is 0.120. The number of hydrogen-bond donors (Lipinski definition) is 5. The zero-order valence-electron chi connectivity index (χ0n) is 21.3. The average Bonchev–Trinajstić information content (AvgIpc) is 2.87. The highest BCUT2D eigenvalue weighted by molar-refractivity contribution is 7.98. The lowest BCUT2D eigenvalue weighted by molar-refractivity contribution is 0.451. The molecule has 0 saturated carbocycles. The molecule has 5 aromatic rings. The molecule has 5 rings (SSSR count). The molecule has 0 aliphatic rings. The Morgan fingerprint density at radius 2 is 1.60 bits per heavy atom. The highest BCUT2D eigenvalue weighted by Gasteiger charge is 2.19. The Hall–Kier alpha value is -4.76. The molecule has 0 unspecified atom stereocenters. The van der Waals surface area contributed by atoms with Gasteiger partial charge >= 0.3 is 0 Å². The van der Waals surface area contributed by atoms with Crippen molar-refractivity contribution in [1.82, 2.24) is 29.9 Å². The van der Waals surface area contributed by atoms with Gasteiger partial charge in [0.1, 0.15) is 16.9 Å². The van der Waals surface area contributed by atoms with Crippen LogP contribution in [-0.2, 0) is 10.0 Å². The summed E-state index contributed by atoms with van der Waals surface area (Å²) in [5.74, 6) is -0.371. The van der Waals surface area contributed by atoms with Gasteiger partial charge in [-0.2, -0.15) is 4.98 Å². The largest absolute Gasteiger partial charge is 0.508 e. The van der Waals surface area contributed by atoms with Gasteiger partial charge in [-0.1, -0.05) is 11.8 Å². The van der Waals surface area contributed by atoms with E-state index in [4.69, 9.17) is 0 Å². The molecular weight excluding hydrogens is 556 g/mol. The summed E-state index contributed by atoms with van der Waals surface area (Å²) >= 11 is 1.23. The molecule has 0 atom stereocenters. The molecule has 0 fully saturated rings. The Bertz CT molecular complexity index is 1910. The number of aromatic amines is 1. The van der Waals surface area contributed by atoms with Crippen molar-refractivity contribution in [1.29, 1.82) is 0 Å².